The maximum absolute atomic E-state index is 9.72. The molecule has 2 aromatic rings. The number of para-hydroxylation sites is 1. The Labute approximate surface area is 113 Å². The number of phenolic OH excluding ortho intramolecular Hbond substituents is 2. The Morgan fingerprint density at radius 3 is 2.21 bits per heavy atom. The van der Waals surface area contributed by atoms with Crippen molar-refractivity contribution in [3.8, 4) is 11.5 Å². The van der Waals surface area contributed by atoms with Gasteiger partial charge < -0.3 is 15.5 Å². The normalized spacial score (nSPS) is 10.6. The van der Waals surface area contributed by atoms with Gasteiger partial charge in [-0.1, -0.05) is 30.3 Å². The third-order valence-electron chi connectivity index (χ3n) is 3.19. The molecule has 19 heavy (non-hydrogen) atoms. The molecule has 100 valence electrons. The fraction of sp³-hybridized carbons (Fsp3) is 0.250. The summed E-state index contributed by atoms with van der Waals surface area (Å²) >= 11 is 0. The third kappa shape index (κ3) is 3.26. The van der Waals surface area contributed by atoms with Crippen molar-refractivity contribution in [1.82, 2.24) is 5.32 Å². The Kier molecular flexibility index (Phi) is 4.07. The van der Waals surface area contributed by atoms with Gasteiger partial charge in [0.25, 0.3) is 0 Å². The largest absolute Gasteiger partial charge is 0.508 e. The van der Waals surface area contributed by atoms with Crippen LogP contribution in [0.25, 0.3) is 0 Å². The predicted octanol–water partition coefficient (Wildman–Crippen LogP) is 3.00. The van der Waals surface area contributed by atoms with Gasteiger partial charge in [-0.15, -0.1) is 0 Å². The van der Waals surface area contributed by atoms with Crippen LogP contribution in [0.2, 0.25) is 0 Å². The van der Waals surface area contributed by atoms with Crippen LogP contribution in [-0.2, 0) is 13.1 Å². The molecule has 0 radical (unpaired) electrons. The maximum Gasteiger partial charge on any atom is 0.121 e. The van der Waals surface area contributed by atoms with E-state index >= 15 is 0 Å². The van der Waals surface area contributed by atoms with Gasteiger partial charge in [-0.3, -0.25) is 0 Å². The maximum atomic E-state index is 9.72. The Bertz CT molecular complexity index is 556. The van der Waals surface area contributed by atoms with Gasteiger partial charge in [0.15, 0.2) is 0 Å². The number of aromatic hydroxyl groups is 2. The fourth-order valence-electron chi connectivity index (χ4n) is 2.15. The zero-order chi connectivity index (χ0) is 13.8. The van der Waals surface area contributed by atoms with Crippen molar-refractivity contribution >= 4 is 0 Å². The molecule has 3 nitrogen and oxygen atoms in total. The van der Waals surface area contributed by atoms with Crippen molar-refractivity contribution in [2.24, 2.45) is 0 Å². The van der Waals surface area contributed by atoms with Crippen LogP contribution in [0.5, 0.6) is 11.5 Å². The van der Waals surface area contributed by atoms with E-state index in [0.29, 0.717) is 24.6 Å². The van der Waals surface area contributed by atoms with Crippen LogP contribution in [0, 0.1) is 13.8 Å². The van der Waals surface area contributed by atoms with Gasteiger partial charge in [-0.25, -0.2) is 0 Å². The van der Waals surface area contributed by atoms with E-state index in [9.17, 15) is 10.2 Å². The smallest absolute Gasteiger partial charge is 0.121 e. The van der Waals surface area contributed by atoms with Gasteiger partial charge >= 0.3 is 0 Å². The molecule has 0 atom stereocenters. The summed E-state index contributed by atoms with van der Waals surface area (Å²) in [5.41, 5.74) is 3.79. The number of aryl methyl sites for hydroxylation is 2. The second-order valence-corrected chi connectivity index (χ2v) is 4.81. The van der Waals surface area contributed by atoms with Crippen molar-refractivity contribution in [2.45, 2.75) is 26.9 Å². The minimum absolute atomic E-state index is 0.313. The Morgan fingerprint density at radius 2 is 1.58 bits per heavy atom. The summed E-state index contributed by atoms with van der Waals surface area (Å²) in [6.45, 7) is 5.12. The molecule has 0 aliphatic rings. The lowest BCUT2D eigenvalue weighted by Gasteiger charge is -2.10. The summed E-state index contributed by atoms with van der Waals surface area (Å²) in [4.78, 5) is 0. The molecule has 0 aromatic heterocycles. The molecule has 0 unspecified atom stereocenters. The van der Waals surface area contributed by atoms with Crippen molar-refractivity contribution in [3.05, 3.63) is 58.7 Å². The second-order valence-electron chi connectivity index (χ2n) is 4.81. The number of hydrogen-bond acceptors (Lipinski definition) is 3. The van der Waals surface area contributed by atoms with Crippen molar-refractivity contribution in [2.75, 3.05) is 0 Å². The summed E-state index contributed by atoms with van der Waals surface area (Å²) in [5, 5.41) is 22.7. The minimum atomic E-state index is 0.313. The predicted molar refractivity (Wildman–Crippen MR) is 76.2 cm³/mol. The molecule has 3 N–H and O–H groups in total. The van der Waals surface area contributed by atoms with Gasteiger partial charge in [-0.2, -0.15) is 0 Å². The van der Waals surface area contributed by atoms with Crippen molar-refractivity contribution in [1.29, 1.82) is 0 Å². The SMILES string of the molecule is Cc1cc(CNCc2ccccc2O)cc(C)c1O. The molecule has 0 aliphatic carbocycles. The molecule has 0 heterocycles. The molecule has 0 aliphatic heterocycles. The molecular weight excluding hydrogens is 238 g/mol. The fourth-order valence-corrected chi connectivity index (χ4v) is 2.15. The molecule has 0 saturated heterocycles. The highest BCUT2D eigenvalue weighted by Crippen LogP contribution is 2.23. The summed E-state index contributed by atoms with van der Waals surface area (Å²) in [7, 11) is 0. The van der Waals surface area contributed by atoms with Gasteiger partial charge in [0.2, 0.25) is 0 Å². The van der Waals surface area contributed by atoms with Crippen LogP contribution in [0.4, 0.5) is 0 Å². The van der Waals surface area contributed by atoms with Gasteiger partial charge in [0.1, 0.15) is 11.5 Å². The Hall–Kier alpha value is -2.00. The standard InChI is InChI=1S/C16H19NO2/c1-11-7-13(8-12(2)16(11)19)9-17-10-14-5-3-4-6-15(14)18/h3-8,17-19H,9-10H2,1-2H3. The number of benzene rings is 2. The van der Waals surface area contributed by atoms with E-state index in [1.807, 2.05) is 44.2 Å². The molecule has 0 bridgehead atoms. The lowest BCUT2D eigenvalue weighted by atomic mass is 10.1. The molecular formula is C16H19NO2. The Morgan fingerprint density at radius 1 is 0.947 bits per heavy atom. The van der Waals surface area contributed by atoms with E-state index in [-0.39, 0.29) is 0 Å². The highest BCUT2D eigenvalue weighted by molar-refractivity contribution is 5.42. The number of hydrogen-bond donors (Lipinski definition) is 3. The lowest BCUT2D eigenvalue weighted by molar-refractivity contribution is 0.464. The third-order valence-corrected chi connectivity index (χ3v) is 3.19. The van der Waals surface area contributed by atoms with E-state index in [2.05, 4.69) is 5.32 Å². The van der Waals surface area contributed by atoms with E-state index < -0.39 is 0 Å². The zero-order valence-corrected chi connectivity index (χ0v) is 11.3. The van der Waals surface area contributed by atoms with E-state index in [1.165, 1.54) is 0 Å². The van der Waals surface area contributed by atoms with E-state index in [0.717, 1.165) is 22.3 Å². The van der Waals surface area contributed by atoms with Gasteiger partial charge in [-0.05, 0) is 36.6 Å². The summed E-state index contributed by atoms with van der Waals surface area (Å²) in [6, 6.07) is 11.2. The first-order chi connectivity index (χ1) is 9.08. The van der Waals surface area contributed by atoms with Crippen LogP contribution in [0.1, 0.15) is 22.3 Å². The molecule has 0 spiro atoms. The van der Waals surface area contributed by atoms with Crippen LogP contribution < -0.4 is 5.32 Å². The summed E-state index contributed by atoms with van der Waals surface area (Å²) in [6.07, 6.45) is 0. The minimum Gasteiger partial charge on any atom is -0.508 e. The molecule has 0 amide bonds. The zero-order valence-electron chi connectivity index (χ0n) is 11.3. The molecule has 2 rings (SSSR count). The quantitative estimate of drug-likeness (QED) is 0.789. The highest BCUT2D eigenvalue weighted by atomic mass is 16.3. The lowest BCUT2D eigenvalue weighted by Crippen LogP contribution is -2.13. The van der Waals surface area contributed by atoms with Crippen LogP contribution >= 0.6 is 0 Å². The highest BCUT2D eigenvalue weighted by Gasteiger charge is 2.04. The van der Waals surface area contributed by atoms with Crippen LogP contribution in [-0.4, -0.2) is 10.2 Å². The van der Waals surface area contributed by atoms with Crippen molar-refractivity contribution in [3.63, 3.8) is 0 Å². The van der Waals surface area contributed by atoms with E-state index in [4.69, 9.17) is 0 Å². The average molecular weight is 257 g/mol. The van der Waals surface area contributed by atoms with Crippen LogP contribution in [0.3, 0.4) is 0 Å². The Balaban J connectivity index is 1.98. The number of nitrogens with one attached hydrogen (secondary N) is 1. The average Bonchev–Trinajstić information content (AvgIpc) is 2.38. The van der Waals surface area contributed by atoms with E-state index in [1.54, 1.807) is 6.07 Å². The molecule has 2 aromatic carbocycles. The topological polar surface area (TPSA) is 52.5 Å². The number of phenols is 2. The molecule has 3 heteroatoms. The summed E-state index contributed by atoms with van der Waals surface area (Å²) < 4.78 is 0. The van der Waals surface area contributed by atoms with Crippen molar-refractivity contribution < 1.29 is 10.2 Å². The number of rotatable bonds is 4. The first kappa shape index (κ1) is 13.4. The van der Waals surface area contributed by atoms with Gasteiger partial charge in [0.05, 0.1) is 0 Å². The molecule has 0 fully saturated rings. The first-order valence-electron chi connectivity index (χ1n) is 6.34. The van der Waals surface area contributed by atoms with Gasteiger partial charge in [0, 0.05) is 18.7 Å². The molecule has 0 saturated carbocycles. The first-order valence-corrected chi connectivity index (χ1v) is 6.34. The summed E-state index contributed by atoms with van der Waals surface area (Å²) in [5.74, 6) is 0.678. The van der Waals surface area contributed by atoms with Crippen LogP contribution in [0.15, 0.2) is 36.4 Å². The monoisotopic (exact) mass is 257 g/mol. The second kappa shape index (κ2) is 5.76.